The fourth-order valence-electron chi connectivity index (χ4n) is 2.80. The van der Waals surface area contributed by atoms with Crippen LogP contribution in [0.2, 0.25) is 0 Å². The highest BCUT2D eigenvalue weighted by atomic mass is 16.5. The summed E-state index contributed by atoms with van der Waals surface area (Å²) in [6, 6.07) is 11.4. The Labute approximate surface area is 143 Å². The highest BCUT2D eigenvalue weighted by Crippen LogP contribution is 2.25. The van der Waals surface area contributed by atoms with Crippen LogP contribution in [0.4, 0.5) is 0 Å². The summed E-state index contributed by atoms with van der Waals surface area (Å²) in [7, 11) is 3.14. The van der Waals surface area contributed by atoms with Gasteiger partial charge < -0.3 is 14.8 Å². The number of aryl methyl sites for hydroxylation is 2. The maximum absolute atomic E-state index is 12.7. The molecule has 0 unspecified atom stereocenters. The van der Waals surface area contributed by atoms with Gasteiger partial charge in [-0.3, -0.25) is 4.79 Å². The smallest absolute Gasteiger partial charge is 0.252 e. The summed E-state index contributed by atoms with van der Waals surface area (Å²) in [4.78, 5) is 12.7. The fourth-order valence-corrected chi connectivity index (χ4v) is 2.80. The molecule has 128 valence electrons. The van der Waals surface area contributed by atoms with Gasteiger partial charge in [-0.25, -0.2) is 0 Å². The van der Waals surface area contributed by atoms with E-state index in [2.05, 4.69) is 44.3 Å². The molecule has 0 heterocycles. The van der Waals surface area contributed by atoms with Crippen molar-refractivity contribution < 1.29 is 14.3 Å². The van der Waals surface area contributed by atoms with Gasteiger partial charge in [-0.05, 0) is 43.5 Å². The molecule has 1 amide bonds. The van der Waals surface area contributed by atoms with E-state index >= 15 is 0 Å². The number of benzene rings is 2. The molecule has 0 saturated heterocycles. The first-order valence-corrected chi connectivity index (χ1v) is 8.09. The van der Waals surface area contributed by atoms with Gasteiger partial charge in [-0.15, -0.1) is 0 Å². The van der Waals surface area contributed by atoms with E-state index in [4.69, 9.17) is 9.47 Å². The van der Waals surface area contributed by atoms with Crippen molar-refractivity contribution >= 4 is 5.91 Å². The van der Waals surface area contributed by atoms with Gasteiger partial charge in [0.25, 0.3) is 5.91 Å². The topological polar surface area (TPSA) is 47.6 Å². The Morgan fingerprint density at radius 3 is 2.17 bits per heavy atom. The van der Waals surface area contributed by atoms with Crippen LogP contribution < -0.4 is 14.8 Å². The molecule has 2 aromatic rings. The minimum Gasteiger partial charge on any atom is -0.497 e. The maximum Gasteiger partial charge on any atom is 0.252 e. The monoisotopic (exact) mass is 327 g/mol. The number of hydrogen-bond donors (Lipinski definition) is 1. The Bertz CT molecular complexity index is 703. The normalized spacial score (nSPS) is 11.7. The minimum atomic E-state index is -0.140. The summed E-state index contributed by atoms with van der Waals surface area (Å²) in [5.41, 5.74) is 4.07. The summed E-state index contributed by atoms with van der Waals surface area (Å²) in [5, 5.41) is 3.11. The van der Waals surface area contributed by atoms with Crippen LogP contribution in [0.5, 0.6) is 11.5 Å². The molecule has 1 N–H and O–H groups in total. The first kappa shape index (κ1) is 17.9. The zero-order chi connectivity index (χ0) is 17.7. The van der Waals surface area contributed by atoms with E-state index in [1.165, 1.54) is 11.1 Å². The molecule has 1 atom stereocenters. The molecule has 0 aliphatic heterocycles. The van der Waals surface area contributed by atoms with E-state index in [9.17, 15) is 4.79 Å². The zero-order valence-electron chi connectivity index (χ0n) is 15.0. The number of amides is 1. The summed E-state index contributed by atoms with van der Waals surface area (Å²) >= 11 is 0. The number of hydrogen-bond acceptors (Lipinski definition) is 3. The highest BCUT2D eigenvalue weighted by molar-refractivity contribution is 5.95. The van der Waals surface area contributed by atoms with Gasteiger partial charge in [-0.2, -0.15) is 0 Å². The summed E-state index contributed by atoms with van der Waals surface area (Å²) in [6.07, 6.45) is 0.816. The van der Waals surface area contributed by atoms with Gasteiger partial charge >= 0.3 is 0 Å². The molecule has 0 aliphatic carbocycles. The van der Waals surface area contributed by atoms with Gasteiger partial charge in [0.1, 0.15) is 11.5 Å². The molecule has 24 heavy (non-hydrogen) atoms. The summed E-state index contributed by atoms with van der Waals surface area (Å²) in [6.45, 7) is 6.21. The van der Waals surface area contributed by atoms with Crippen molar-refractivity contribution in [3.05, 3.63) is 58.7 Å². The van der Waals surface area contributed by atoms with Crippen molar-refractivity contribution in [1.29, 1.82) is 0 Å². The van der Waals surface area contributed by atoms with Crippen LogP contribution in [-0.4, -0.2) is 20.1 Å². The molecule has 0 aromatic heterocycles. The lowest BCUT2D eigenvalue weighted by atomic mass is 9.97. The van der Waals surface area contributed by atoms with Crippen molar-refractivity contribution in [2.45, 2.75) is 33.2 Å². The molecule has 0 spiro atoms. The lowest BCUT2D eigenvalue weighted by Gasteiger charge is -2.20. The quantitative estimate of drug-likeness (QED) is 0.865. The largest absolute Gasteiger partial charge is 0.497 e. The average Bonchev–Trinajstić information content (AvgIpc) is 2.59. The molecule has 0 radical (unpaired) electrons. The van der Waals surface area contributed by atoms with Crippen LogP contribution in [0.1, 0.15) is 46.4 Å². The van der Waals surface area contributed by atoms with Crippen LogP contribution >= 0.6 is 0 Å². The van der Waals surface area contributed by atoms with E-state index in [0.717, 1.165) is 12.0 Å². The second-order valence-electron chi connectivity index (χ2n) is 5.90. The summed E-state index contributed by atoms with van der Waals surface area (Å²) < 4.78 is 10.5. The minimum absolute atomic E-state index is 0.0321. The van der Waals surface area contributed by atoms with Crippen LogP contribution in [-0.2, 0) is 0 Å². The van der Waals surface area contributed by atoms with Crippen LogP contribution in [0, 0.1) is 13.8 Å². The Hall–Kier alpha value is -2.49. The average molecular weight is 327 g/mol. The van der Waals surface area contributed by atoms with E-state index < -0.39 is 0 Å². The lowest BCUT2D eigenvalue weighted by molar-refractivity contribution is 0.0934. The Balaban J connectivity index is 2.26. The zero-order valence-corrected chi connectivity index (χ0v) is 15.0. The fraction of sp³-hybridized carbons (Fsp3) is 0.350. The van der Waals surface area contributed by atoms with Gasteiger partial charge in [0.2, 0.25) is 0 Å². The second kappa shape index (κ2) is 7.86. The van der Waals surface area contributed by atoms with E-state index in [1.54, 1.807) is 32.4 Å². The molecule has 0 aliphatic rings. The maximum atomic E-state index is 12.7. The van der Waals surface area contributed by atoms with Gasteiger partial charge in [-0.1, -0.05) is 30.7 Å². The van der Waals surface area contributed by atoms with Crippen LogP contribution in [0.25, 0.3) is 0 Å². The first-order valence-electron chi connectivity index (χ1n) is 8.09. The number of carbonyl (C=O) groups is 1. The molecular formula is C20H25NO3. The van der Waals surface area contributed by atoms with Gasteiger partial charge in [0, 0.05) is 11.6 Å². The van der Waals surface area contributed by atoms with Gasteiger partial charge in [0.05, 0.1) is 20.3 Å². The third-order valence-electron chi connectivity index (χ3n) is 4.13. The standard InChI is InChI=1S/C20H25NO3/c1-6-19(18-8-7-13(2)9-14(18)3)21-20(22)15-10-16(23-4)12-17(11-15)24-5/h7-12,19H,6H2,1-5H3,(H,21,22)/t19-/m0/s1. The Morgan fingerprint density at radius 1 is 1.04 bits per heavy atom. The highest BCUT2D eigenvalue weighted by Gasteiger charge is 2.17. The SMILES string of the molecule is CC[C@H](NC(=O)c1cc(OC)cc(OC)c1)c1ccc(C)cc1C. The van der Waals surface area contributed by atoms with Crippen molar-refractivity contribution in [3.63, 3.8) is 0 Å². The van der Waals surface area contributed by atoms with Crippen molar-refractivity contribution in [1.82, 2.24) is 5.32 Å². The molecule has 2 aromatic carbocycles. The Morgan fingerprint density at radius 2 is 1.67 bits per heavy atom. The van der Waals surface area contributed by atoms with E-state index in [0.29, 0.717) is 17.1 Å². The van der Waals surface area contributed by atoms with Crippen molar-refractivity contribution in [3.8, 4) is 11.5 Å². The van der Waals surface area contributed by atoms with Gasteiger partial charge in [0.15, 0.2) is 0 Å². The molecule has 0 saturated carbocycles. The van der Waals surface area contributed by atoms with Crippen LogP contribution in [0.15, 0.2) is 36.4 Å². The Kier molecular flexibility index (Phi) is 5.85. The molecular weight excluding hydrogens is 302 g/mol. The molecule has 2 rings (SSSR count). The third-order valence-corrected chi connectivity index (χ3v) is 4.13. The van der Waals surface area contributed by atoms with Crippen molar-refractivity contribution in [2.24, 2.45) is 0 Å². The number of carbonyl (C=O) groups excluding carboxylic acids is 1. The number of rotatable bonds is 6. The molecule has 0 bridgehead atoms. The molecule has 4 heteroatoms. The second-order valence-corrected chi connectivity index (χ2v) is 5.90. The van der Waals surface area contributed by atoms with Crippen molar-refractivity contribution in [2.75, 3.05) is 14.2 Å². The summed E-state index contributed by atoms with van der Waals surface area (Å²) in [5.74, 6) is 1.05. The van der Waals surface area contributed by atoms with E-state index in [-0.39, 0.29) is 11.9 Å². The number of ether oxygens (including phenoxy) is 2. The predicted molar refractivity (Wildman–Crippen MR) is 96.0 cm³/mol. The molecule has 4 nitrogen and oxygen atoms in total. The first-order chi connectivity index (χ1) is 11.5. The van der Waals surface area contributed by atoms with Crippen LogP contribution in [0.3, 0.4) is 0 Å². The third kappa shape index (κ3) is 4.07. The number of methoxy groups -OCH3 is 2. The lowest BCUT2D eigenvalue weighted by Crippen LogP contribution is -2.28. The van der Waals surface area contributed by atoms with E-state index in [1.807, 2.05) is 0 Å². The number of nitrogens with one attached hydrogen (secondary N) is 1. The molecule has 0 fully saturated rings. The predicted octanol–water partition coefficient (Wildman–Crippen LogP) is 4.20.